The fourth-order valence-electron chi connectivity index (χ4n) is 2.05. The Balaban J connectivity index is 1.68. The Morgan fingerprint density at radius 1 is 1.43 bits per heavy atom. The monoisotopic (exact) mass is 305 g/mol. The van der Waals surface area contributed by atoms with Gasteiger partial charge in [-0.1, -0.05) is 11.6 Å². The minimum atomic E-state index is -0.0979. The Morgan fingerprint density at radius 3 is 3.00 bits per heavy atom. The Labute approximate surface area is 127 Å². The van der Waals surface area contributed by atoms with Crippen LogP contribution in [0, 0.1) is 5.92 Å². The zero-order valence-electron chi connectivity index (χ0n) is 11.4. The van der Waals surface area contributed by atoms with Gasteiger partial charge in [-0.2, -0.15) is 5.10 Å². The average Bonchev–Trinajstić information content (AvgIpc) is 3.11. The minimum absolute atomic E-state index is 0.0979. The summed E-state index contributed by atoms with van der Waals surface area (Å²) in [5.41, 5.74) is 1.35. The van der Waals surface area contributed by atoms with Crippen LogP contribution in [0.5, 0.6) is 0 Å². The fraction of sp³-hybridized carbons (Fsp3) is 0.357. The van der Waals surface area contributed by atoms with Crippen molar-refractivity contribution in [1.82, 2.24) is 20.1 Å². The highest BCUT2D eigenvalue weighted by atomic mass is 35.5. The van der Waals surface area contributed by atoms with Gasteiger partial charge in [0.05, 0.1) is 17.9 Å². The number of rotatable bonds is 6. The molecule has 2 N–H and O–H groups in total. The van der Waals surface area contributed by atoms with E-state index in [1.807, 2.05) is 0 Å². The summed E-state index contributed by atoms with van der Waals surface area (Å²) in [5, 5.41) is 10.6. The smallest absolute Gasteiger partial charge is 0.238 e. The van der Waals surface area contributed by atoms with Crippen LogP contribution in [0.25, 0.3) is 5.69 Å². The third-order valence-corrected chi connectivity index (χ3v) is 3.55. The summed E-state index contributed by atoms with van der Waals surface area (Å²) < 4.78 is 1.59. The number of carbonyl (C=O) groups excluding carboxylic acids is 1. The number of nitrogens with zero attached hydrogens (tertiary/aromatic N) is 3. The molecule has 1 amide bonds. The highest BCUT2D eigenvalue weighted by Crippen LogP contribution is 2.27. The van der Waals surface area contributed by atoms with Crippen molar-refractivity contribution in [3.63, 3.8) is 0 Å². The summed E-state index contributed by atoms with van der Waals surface area (Å²) in [5.74, 6) is 0.647. The third-order valence-electron chi connectivity index (χ3n) is 3.31. The Kier molecular flexibility index (Phi) is 4.17. The van der Waals surface area contributed by atoms with E-state index in [0.29, 0.717) is 17.3 Å². The van der Waals surface area contributed by atoms with E-state index in [9.17, 15) is 4.79 Å². The number of nitrogens with one attached hydrogen (secondary N) is 2. The van der Waals surface area contributed by atoms with Gasteiger partial charge >= 0.3 is 0 Å². The second kappa shape index (κ2) is 6.24. The zero-order chi connectivity index (χ0) is 14.7. The van der Waals surface area contributed by atoms with Crippen LogP contribution in [0.15, 0.2) is 30.9 Å². The van der Waals surface area contributed by atoms with Crippen molar-refractivity contribution < 1.29 is 4.79 Å². The maximum Gasteiger partial charge on any atom is 0.238 e. The van der Waals surface area contributed by atoms with Gasteiger partial charge in [0.15, 0.2) is 0 Å². The number of hydrogen-bond donors (Lipinski definition) is 2. The highest BCUT2D eigenvalue weighted by molar-refractivity contribution is 6.31. The zero-order valence-corrected chi connectivity index (χ0v) is 12.2. The quantitative estimate of drug-likeness (QED) is 0.854. The molecule has 0 unspecified atom stereocenters. The molecule has 0 saturated heterocycles. The molecule has 110 valence electrons. The van der Waals surface area contributed by atoms with Crippen LogP contribution in [0.2, 0.25) is 5.02 Å². The molecule has 6 nitrogen and oxygen atoms in total. The molecule has 1 saturated carbocycles. The number of amides is 1. The van der Waals surface area contributed by atoms with Crippen molar-refractivity contribution in [3.8, 4) is 5.69 Å². The summed E-state index contributed by atoms with van der Waals surface area (Å²) in [6.07, 6.45) is 5.54. The van der Waals surface area contributed by atoms with E-state index in [4.69, 9.17) is 11.6 Å². The van der Waals surface area contributed by atoms with Crippen LogP contribution in [-0.2, 0) is 4.79 Å². The minimum Gasteiger partial charge on any atom is -0.323 e. The first-order valence-electron chi connectivity index (χ1n) is 6.87. The second-order valence-electron chi connectivity index (χ2n) is 5.12. The summed E-state index contributed by atoms with van der Waals surface area (Å²) in [6, 6.07) is 5.25. The highest BCUT2D eigenvalue weighted by Gasteiger charge is 2.20. The molecule has 0 aliphatic heterocycles. The summed E-state index contributed by atoms with van der Waals surface area (Å²) in [6.45, 7) is 1.19. The molecule has 1 aliphatic rings. The average molecular weight is 306 g/mol. The predicted molar refractivity (Wildman–Crippen MR) is 80.6 cm³/mol. The molecule has 3 rings (SSSR count). The molecule has 1 fully saturated rings. The standard InChI is InChI=1S/C14H16ClN5O/c15-11-3-4-13(20-9-17-8-18-20)12(5-11)19-14(21)7-16-6-10-1-2-10/h3-5,8-10,16H,1-2,6-7H2,(H,19,21). The number of benzene rings is 1. The van der Waals surface area contributed by atoms with E-state index in [0.717, 1.165) is 18.2 Å². The molecule has 0 bridgehead atoms. The molecule has 0 radical (unpaired) electrons. The van der Waals surface area contributed by atoms with E-state index in [1.165, 1.54) is 19.2 Å². The van der Waals surface area contributed by atoms with Gasteiger partial charge in [0, 0.05) is 5.02 Å². The topological polar surface area (TPSA) is 71.8 Å². The Morgan fingerprint density at radius 2 is 2.29 bits per heavy atom. The van der Waals surface area contributed by atoms with E-state index in [1.54, 1.807) is 29.2 Å². The lowest BCUT2D eigenvalue weighted by molar-refractivity contribution is -0.115. The van der Waals surface area contributed by atoms with E-state index >= 15 is 0 Å². The number of halogens is 1. The predicted octanol–water partition coefficient (Wildman–Crippen LogP) is 1.86. The number of hydrogen-bond acceptors (Lipinski definition) is 4. The van der Waals surface area contributed by atoms with Crippen LogP contribution in [-0.4, -0.2) is 33.8 Å². The van der Waals surface area contributed by atoms with Crippen molar-refractivity contribution in [2.45, 2.75) is 12.8 Å². The van der Waals surface area contributed by atoms with Crippen LogP contribution in [0.3, 0.4) is 0 Å². The van der Waals surface area contributed by atoms with Crippen LogP contribution < -0.4 is 10.6 Å². The first-order chi connectivity index (χ1) is 10.2. The first-order valence-corrected chi connectivity index (χ1v) is 7.25. The number of aromatic nitrogens is 3. The van der Waals surface area contributed by atoms with Crippen molar-refractivity contribution >= 4 is 23.2 Å². The van der Waals surface area contributed by atoms with Gasteiger partial charge in [0.25, 0.3) is 0 Å². The lowest BCUT2D eigenvalue weighted by Crippen LogP contribution is -2.29. The van der Waals surface area contributed by atoms with Crippen LogP contribution in [0.4, 0.5) is 5.69 Å². The van der Waals surface area contributed by atoms with E-state index in [2.05, 4.69) is 20.7 Å². The molecule has 0 spiro atoms. The molecule has 7 heteroatoms. The molecule has 0 atom stereocenters. The van der Waals surface area contributed by atoms with Gasteiger partial charge in [-0.15, -0.1) is 0 Å². The van der Waals surface area contributed by atoms with Gasteiger partial charge in [-0.25, -0.2) is 9.67 Å². The third kappa shape index (κ3) is 3.80. The van der Waals surface area contributed by atoms with Crippen molar-refractivity contribution in [1.29, 1.82) is 0 Å². The van der Waals surface area contributed by atoms with Gasteiger partial charge in [-0.3, -0.25) is 4.79 Å². The van der Waals surface area contributed by atoms with Crippen LogP contribution >= 0.6 is 11.6 Å². The van der Waals surface area contributed by atoms with Gasteiger partial charge < -0.3 is 10.6 Å². The lowest BCUT2D eigenvalue weighted by atomic mass is 10.2. The molecule has 1 aliphatic carbocycles. The van der Waals surface area contributed by atoms with Gasteiger partial charge in [0.1, 0.15) is 12.7 Å². The largest absolute Gasteiger partial charge is 0.323 e. The van der Waals surface area contributed by atoms with Crippen LogP contribution in [0.1, 0.15) is 12.8 Å². The molecular weight excluding hydrogens is 290 g/mol. The fourth-order valence-corrected chi connectivity index (χ4v) is 2.22. The maximum atomic E-state index is 12.0. The molecule has 1 heterocycles. The van der Waals surface area contributed by atoms with Crippen molar-refractivity contribution in [2.75, 3.05) is 18.4 Å². The second-order valence-corrected chi connectivity index (χ2v) is 5.56. The molecule has 1 aromatic carbocycles. The molecule has 1 aromatic heterocycles. The molecular formula is C14H16ClN5O. The van der Waals surface area contributed by atoms with Crippen molar-refractivity contribution in [2.24, 2.45) is 5.92 Å². The summed E-state index contributed by atoms with van der Waals surface area (Å²) in [7, 11) is 0. The van der Waals surface area contributed by atoms with Crippen molar-refractivity contribution in [3.05, 3.63) is 35.9 Å². The normalized spacial score (nSPS) is 14.1. The van der Waals surface area contributed by atoms with Gasteiger partial charge in [-0.05, 0) is 43.5 Å². The number of carbonyl (C=O) groups is 1. The SMILES string of the molecule is O=C(CNCC1CC1)Nc1cc(Cl)ccc1-n1cncn1. The van der Waals surface area contributed by atoms with E-state index in [-0.39, 0.29) is 5.91 Å². The summed E-state index contributed by atoms with van der Waals surface area (Å²) in [4.78, 5) is 15.9. The molecule has 21 heavy (non-hydrogen) atoms. The van der Waals surface area contributed by atoms with Gasteiger partial charge in [0.2, 0.25) is 5.91 Å². The van der Waals surface area contributed by atoms with E-state index < -0.39 is 0 Å². The number of anilines is 1. The Bertz CT molecular complexity index is 624. The molecule has 2 aromatic rings. The Hall–Kier alpha value is -1.92. The first kappa shape index (κ1) is 14.0. The summed E-state index contributed by atoms with van der Waals surface area (Å²) >= 11 is 6.00. The lowest BCUT2D eigenvalue weighted by Gasteiger charge is -2.11. The maximum absolute atomic E-state index is 12.0.